The van der Waals surface area contributed by atoms with Crippen LogP contribution in [0.5, 0.6) is 0 Å². The monoisotopic (exact) mass is 313 g/mol. The van der Waals surface area contributed by atoms with Crippen LogP contribution in [0.4, 0.5) is 0 Å². The summed E-state index contributed by atoms with van der Waals surface area (Å²) in [6.07, 6.45) is 9.61. The lowest BCUT2D eigenvalue weighted by Gasteiger charge is -2.25. The minimum absolute atomic E-state index is 1.06. The lowest BCUT2D eigenvalue weighted by atomic mass is 9.79. The van der Waals surface area contributed by atoms with E-state index < -0.39 is 0 Å². The van der Waals surface area contributed by atoms with Crippen molar-refractivity contribution in [3.63, 3.8) is 0 Å². The molecule has 3 aromatic rings. The molecule has 3 heterocycles. The van der Waals surface area contributed by atoms with Gasteiger partial charge in [-0.3, -0.25) is 4.98 Å². The van der Waals surface area contributed by atoms with Crippen LogP contribution in [0.25, 0.3) is 10.8 Å². The van der Waals surface area contributed by atoms with Crippen molar-refractivity contribution in [3.05, 3.63) is 76.1 Å². The topological polar surface area (TPSA) is 12.9 Å². The van der Waals surface area contributed by atoms with Gasteiger partial charge in [0.25, 0.3) is 0 Å². The fourth-order valence-corrected chi connectivity index (χ4v) is 4.79. The Morgan fingerprint density at radius 3 is 1.58 bits per heavy atom. The molecule has 24 heavy (non-hydrogen) atoms. The van der Waals surface area contributed by atoms with Crippen molar-refractivity contribution in [2.75, 3.05) is 0 Å². The van der Waals surface area contributed by atoms with Gasteiger partial charge in [-0.25, -0.2) is 0 Å². The van der Waals surface area contributed by atoms with Gasteiger partial charge < -0.3 is 0 Å². The molecule has 4 bridgehead atoms. The number of pyridine rings is 1. The molecule has 0 spiro atoms. The molecule has 1 heteroatoms. The maximum absolute atomic E-state index is 4.91. The molecule has 1 aromatic heterocycles. The van der Waals surface area contributed by atoms with Gasteiger partial charge in [0.2, 0.25) is 0 Å². The second-order valence-electron chi connectivity index (χ2n) is 7.29. The molecule has 0 atom stereocenters. The van der Waals surface area contributed by atoms with Crippen LogP contribution in [0.3, 0.4) is 0 Å². The molecular formula is C23H23N. The van der Waals surface area contributed by atoms with Crippen LogP contribution >= 0.6 is 0 Å². The zero-order valence-corrected chi connectivity index (χ0v) is 14.1. The van der Waals surface area contributed by atoms with Crippen molar-refractivity contribution in [3.8, 4) is 0 Å². The van der Waals surface area contributed by atoms with Crippen molar-refractivity contribution in [1.82, 2.24) is 4.98 Å². The van der Waals surface area contributed by atoms with Crippen molar-refractivity contribution >= 4 is 10.8 Å². The lowest BCUT2D eigenvalue weighted by Crippen LogP contribution is -2.12. The molecule has 2 aliphatic heterocycles. The molecule has 6 rings (SSSR count). The average Bonchev–Trinajstić information content (AvgIpc) is 2.67. The fourth-order valence-electron chi connectivity index (χ4n) is 4.79. The van der Waals surface area contributed by atoms with Gasteiger partial charge in [0, 0.05) is 11.4 Å². The number of hydrogen-bond donors (Lipinski definition) is 0. The Labute approximate surface area is 143 Å². The third-order valence-electron chi connectivity index (χ3n) is 5.90. The van der Waals surface area contributed by atoms with Crippen LogP contribution in [-0.4, -0.2) is 4.98 Å². The minimum Gasteiger partial charge on any atom is -0.258 e. The van der Waals surface area contributed by atoms with E-state index in [1.165, 1.54) is 47.8 Å². The van der Waals surface area contributed by atoms with Crippen molar-refractivity contribution in [2.24, 2.45) is 0 Å². The van der Waals surface area contributed by atoms with E-state index in [4.69, 9.17) is 4.98 Å². The van der Waals surface area contributed by atoms with E-state index in [1.807, 2.05) is 0 Å². The summed E-state index contributed by atoms with van der Waals surface area (Å²) >= 11 is 0. The SMILES string of the molecule is c1cc2nc(c1)CCc1c3c(c(c4ccccc14)CC2)CCCC3. The maximum Gasteiger partial charge on any atom is 0.0410 e. The number of benzene rings is 2. The number of nitrogens with zero attached hydrogens (tertiary/aromatic N) is 1. The summed E-state index contributed by atoms with van der Waals surface area (Å²) in [4.78, 5) is 4.91. The summed E-state index contributed by atoms with van der Waals surface area (Å²) in [5.74, 6) is 0. The maximum atomic E-state index is 4.91. The highest BCUT2D eigenvalue weighted by Crippen LogP contribution is 2.37. The Kier molecular flexibility index (Phi) is 3.40. The minimum atomic E-state index is 1.06. The highest BCUT2D eigenvalue weighted by molar-refractivity contribution is 5.91. The first-order chi connectivity index (χ1) is 11.9. The van der Waals surface area contributed by atoms with E-state index in [1.54, 1.807) is 22.3 Å². The molecule has 0 saturated carbocycles. The number of fused-ring (bicyclic) bond motifs is 2. The van der Waals surface area contributed by atoms with Gasteiger partial charge in [-0.2, -0.15) is 0 Å². The Morgan fingerprint density at radius 2 is 1.04 bits per heavy atom. The summed E-state index contributed by atoms with van der Waals surface area (Å²) in [5, 5.41) is 3.01. The van der Waals surface area contributed by atoms with Crippen molar-refractivity contribution in [2.45, 2.75) is 51.4 Å². The largest absolute Gasteiger partial charge is 0.258 e. The quantitative estimate of drug-likeness (QED) is 0.569. The molecular weight excluding hydrogens is 290 g/mol. The fraction of sp³-hybridized carbons (Fsp3) is 0.348. The van der Waals surface area contributed by atoms with E-state index >= 15 is 0 Å². The number of hydrogen-bond acceptors (Lipinski definition) is 1. The molecule has 0 amide bonds. The first-order valence-corrected chi connectivity index (χ1v) is 9.39. The Balaban J connectivity index is 1.80. The van der Waals surface area contributed by atoms with E-state index in [2.05, 4.69) is 42.5 Å². The Hall–Kier alpha value is -2.15. The summed E-state index contributed by atoms with van der Waals surface area (Å²) in [5.41, 5.74) is 9.10. The van der Waals surface area contributed by atoms with E-state index in [0.717, 1.165) is 25.7 Å². The first kappa shape index (κ1) is 14.2. The molecule has 0 unspecified atom stereocenters. The second-order valence-corrected chi connectivity index (χ2v) is 7.29. The van der Waals surface area contributed by atoms with Crippen LogP contribution in [0.15, 0.2) is 42.5 Å². The van der Waals surface area contributed by atoms with E-state index in [9.17, 15) is 0 Å². The molecule has 1 nitrogen and oxygen atoms in total. The summed E-state index contributed by atoms with van der Waals surface area (Å²) in [7, 11) is 0. The summed E-state index contributed by atoms with van der Waals surface area (Å²) in [6, 6.07) is 15.7. The smallest absolute Gasteiger partial charge is 0.0410 e. The average molecular weight is 313 g/mol. The van der Waals surface area contributed by atoms with Crippen molar-refractivity contribution in [1.29, 1.82) is 0 Å². The van der Waals surface area contributed by atoms with Crippen LogP contribution in [0.1, 0.15) is 46.5 Å². The number of aromatic nitrogens is 1. The van der Waals surface area contributed by atoms with Crippen LogP contribution in [-0.2, 0) is 38.5 Å². The third-order valence-corrected chi connectivity index (χ3v) is 5.90. The Morgan fingerprint density at radius 1 is 0.500 bits per heavy atom. The van der Waals surface area contributed by atoms with Gasteiger partial charge in [0.1, 0.15) is 0 Å². The molecule has 120 valence electrons. The molecule has 0 N–H and O–H groups in total. The number of rotatable bonds is 0. The van der Waals surface area contributed by atoms with Gasteiger partial charge in [-0.15, -0.1) is 0 Å². The van der Waals surface area contributed by atoms with Crippen LogP contribution < -0.4 is 0 Å². The van der Waals surface area contributed by atoms with Gasteiger partial charge in [0.15, 0.2) is 0 Å². The second kappa shape index (κ2) is 5.73. The van der Waals surface area contributed by atoms with E-state index in [-0.39, 0.29) is 0 Å². The van der Waals surface area contributed by atoms with Gasteiger partial charge in [-0.05, 0) is 96.5 Å². The molecule has 3 aliphatic rings. The van der Waals surface area contributed by atoms with Crippen LogP contribution in [0.2, 0.25) is 0 Å². The highest BCUT2D eigenvalue weighted by Gasteiger charge is 2.22. The lowest BCUT2D eigenvalue weighted by molar-refractivity contribution is 0.672. The van der Waals surface area contributed by atoms with Gasteiger partial charge >= 0.3 is 0 Å². The normalized spacial score (nSPS) is 16.7. The van der Waals surface area contributed by atoms with Crippen molar-refractivity contribution < 1.29 is 0 Å². The Bertz CT molecular complexity index is 851. The first-order valence-electron chi connectivity index (χ1n) is 9.39. The van der Waals surface area contributed by atoms with Gasteiger partial charge in [-0.1, -0.05) is 30.3 Å². The summed E-state index contributed by atoms with van der Waals surface area (Å²) in [6.45, 7) is 0. The number of aryl methyl sites for hydroxylation is 4. The predicted octanol–water partition coefficient (Wildman–Crippen LogP) is 5.00. The molecule has 1 aliphatic carbocycles. The zero-order chi connectivity index (χ0) is 15.9. The zero-order valence-electron chi connectivity index (χ0n) is 14.1. The molecule has 0 radical (unpaired) electrons. The molecule has 0 saturated heterocycles. The highest BCUT2D eigenvalue weighted by atomic mass is 14.7. The predicted molar refractivity (Wildman–Crippen MR) is 99.6 cm³/mol. The molecule has 2 aromatic carbocycles. The standard InChI is InChI=1S/C23H23N/c1-2-9-19-18(8-1)22-14-12-16-6-5-7-17(24-16)13-15-23(19)21-11-4-3-10-20(21)22/h1-2,5-9H,3-4,10-15H2. The van der Waals surface area contributed by atoms with Crippen LogP contribution in [0, 0.1) is 0 Å². The van der Waals surface area contributed by atoms with Gasteiger partial charge in [0.05, 0.1) is 0 Å². The van der Waals surface area contributed by atoms with E-state index in [0.29, 0.717) is 0 Å². The molecule has 0 fully saturated rings. The summed E-state index contributed by atoms with van der Waals surface area (Å²) < 4.78 is 0. The third kappa shape index (κ3) is 2.26.